The first-order chi connectivity index (χ1) is 6.83. The van der Waals surface area contributed by atoms with Crippen molar-refractivity contribution in [3.63, 3.8) is 0 Å². The molecule has 1 N–H and O–H groups in total. The molecule has 4 nitrogen and oxygen atoms in total. The van der Waals surface area contributed by atoms with Gasteiger partial charge in [0.25, 0.3) is 0 Å². The van der Waals surface area contributed by atoms with E-state index in [1.54, 1.807) is 0 Å². The highest BCUT2D eigenvalue weighted by Crippen LogP contribution is 2.19. The predicted molar refractivity (Wildman–Crippen MR) is 52.6 cm³/mol. The maximum Gasteiger partial charge on any atom is 0.305 e. The highest BCUT2D eigenvalue weighted by molar-refractivity contribution is 5.68. The summed E-state index contributed by atoms with van der Waals surface area (Å²) in [6.45, 7) is 0.714. The van der Waals surface area contributed by atoms with Crippen LogP contribution >= 0.6 is 0 Å². The summed E-state index contributed by atoms with van der Waals surface area (Å²) in [5.74, 6) is -0.160. The van der Waals surface area contributed by atoms with Crippen molar-refractivity contribution in [3.8, 4) is 0 Å². The van der Waals surface area contributed by atoms with Gasteiger partial charge in [-0.05, 0) is 19.3 Å². The van der Waals surface area contributed by atoms with Crippen LogP contribution in [0, 0.1) is 0 Å². The first-order valence-electron chi connectivity index (χ1n) is 5.28. The molecule has 0 unspecified atom stereocenters. The molecule has 0 aromatic rings. The van der Waals surface area contributed by atoms with Crippen molar-refractivity contribution in [2.75, 3.05) is 13.7 Å². The van der Waals surface area contributed by atoms with Crippen LogP contribution in [0.25, 0.3) is 0 Å². The van der Waals surface area contributed by atoms with Gasteiger partial charge < -0.3 is 4.74 Å². The van der Waals surface area contributed by atoms with Gasteiger partial charge >= 0.3 is 5.97 Å². The van der Waals surface area contributed by atoms with E-state index < -0.39 is 0 Å². The van der Waals surface area contributed by atoms with Crippen molar-refractivity contribution in [1.82, 2.24) is 5.48 Å². The molecular formula is C10H19NO3. The van der Waals surface area contributed by atoms with Gasteiger partial charge in [0.2, 0.25) is 0 Å². The third kappa shape index (κ3) is 4.58. The molecule has 1 fully saturated rings. The zero-order valence-corrected chi connectivity index (χ0v) is 8.75. The first kappa shape index (κ1) is 11.5. The molecule has 82 valence electrons. The molecule has 1 aliphatic carbocycles. The summed E-state index contributed by atoms with van der Waals surface area (Å²) in [4.78, 5) is 16.2. The van der Waals surface area contributed by atoms with E-state index in [9.17, 15) is 4.79 Å². The molecule has 1 aliphatic rings. The van der Waals surface area contributed by atoms with Gasteiger partial charge in [0.05, 0.1) is 13.2 Å². The third-order valence-corrected chi connectivity index (χ3v) is 2.44. The van der Waals surface area contributed by atoms with E-state index in [0.717, 1.165) is 19.3 Å². The molecule has 0 radical (unpaired) electrons. The average molecular weight is 201 g/mol. The first-order valence-corrected chi connectivity index (χ1v) is 5.28. The second-order valence-electron chi connectivity index (χ2n) is 3.60. The van der Waals surface area contributed by atoms with E-state index in [-0.39, 0.29) is 5.97 Å². The molecule has 1 rings (SSSR count). The van der Waals surface area contributed by atoms with Crippen LogP contribution in [-0.2, 0) is 14.4 Å². The minimum absolute atomic E-state index is 0.160. The van der Waals surface area contributed by atoms with E-state index in [1.165, 1.54) is 20.0 Å². The number of carbonyl (C=O) groups is 1. The number of hydrogen-bond acceptors (Lipinski definition) is 4. The Bertz CT molecular complexity index is 167. The molecule has 0 amide bonds. The highest BCUT2D eigenvalue weighted by Gasteiger charge is 2.15. The van der Waals surface area contributed by atoms with E-state index in [4.69, 9.17) is 4.84 Å². The van der Waals surface area contributed by atoms with Gasteiger partial charge in [0.15, 0.2) is 0 Å². The third-order valence-electron chi connectivity index (χ3n) is 2.44. The summed E-state index contributed by atoms with van der Waals surface area (Å²) in [5.41, 5.74) is 2.90. The molecule has 0 aromatic heterocycles. The Kier molecular flexibility index (Phi) is 5.56. The Morgan fingerprint density at radius 3 is 2.79 bits per heavy atom. The number of ether oxygens (including phenoxy) is 1. The number of rotatable bonds is 6. The van der Waals surface area contributed by atoms with Crippen LogP contribution in [-0.4, -0.2) is 25.7 Å². The topological polar surface area (TPSA) is 47.6 Å². The molecule has 1 saturated carbocycles. The lowest BCUT2D eigenvalue weighted by atomic mass is 10.3. The minimum Gasteiger partial charge on any atom is -0.469 e. The zero-order chi connectivity index (χ0) is 10.2. The number of esters is 1. The summed E-state index contributed by atoms with van der Waals surface area (Å²) < 4.78 is 4.52. The normalized spacial score (nSPS) is 17.2. The Labute approximate surface area is 84.9 Å². The fourth-order valence-corrected chi connectivity index (χ4v) is 1.59. The molecule has 0 saturated heterocycles. The lowest BCUT2D eigenvalue weighted by Crippen LogP contribution is -2.23. The van der Waals surface area contributed by atoms with Crippen LogP contribution < -0.4 is 5.48 Å². The Morgan fingerprint density at radius 2 is 2.14 bits per heavy atom. The largest absolute Gasteiger partial charge is 0.469 e. The molecule has 0 bridgehead atoms. The van der Waals surface area contributed by atoms with Crippen molar-refractivity contribution >= 4 is 5.97 Å². The van der Waals surface area contributed by atoms with Crippen molar-refractivity contribution < 1.29 is 14.4 Å². The van der Waals surface area contributed by atoms with Crippen LogP contribution in [0.15, 0.2) is 0 Å². The zero-order valence-electron chi connectivity index (χ0n) is 8.75. The summed E-state index contributed by atoms with van der Waals surface area (Å²) in [7, 11) is 1.41. The highest BCUT2D eigenvalue weighted by atomic mass is 16.7. The number of nitrogens with one attached hydrogen (secondary N) is 1. The molecule has 0 spiro atoms. The van der Waals surface area contributed by atoms with Gasteiger partial charge in [-0.1, -0.05) is 12.8 Å². The summed E-state index contributed by atoms with van der Waals surface area (Å²) >= 11 is 0. The quantitative estimate of drug-likeness (QED) is 0.401. The van der Waals surface area contributed by atoms with Crippen LogP contribution in [0.2, 0.25) is 0 Å². The number of hydrogen-bond donors (Lipinski definition) is 1. The van der Waals surface area contributed by atoms with Gasteiger partial charge in [-0.25, -0.2) is 5.48 Å². The second kappa shape index (κ2) is 6.79. The smallest absolute Gasteiger partial charge is 0.305 e. The molecule has 0 atom stereocenters. The molecule has 0 aliphatic heterocycles. The predicted octanol–water partition coefficient (Wildman–Crippen LogP) is 1.40. The Balaban J connectivity index is 1.86. The van der Waals surface area contributed by atoms with Gasteiger partial charge in [0, 0.05) is 13.0 Å². The maximum absolute atomic E-state index is 10.7. The molecule has 0 heterocycles. The minimum atomic E-state index is -0.160. The number of hydroxylamine groups is 1. The molecular weight excluding hydrogens is 182 g/mol. The van der Waals surface area contributed by atoms with Crippen LogP contribution in [0.1, 0.15) is 38.5 Å². The van der Waals surface area contributed by atoms with Crippen molar-refractivity contribution in [1.29, 1.82) is 0 Å². The number of carbonyl (C=O) groups excluding carboxylic acids is 1. The standard InChI is InChI=1S/C10H19NO3/c1-13-10(12)7-4-8-11-14-9-5-2-3-6-9/h9,11H,2-8H2,1H3. The fourth-order valence-electron chi connectivity index (χ4n) is 1.59. The molecule has 0 aromatic carbocycles. The molecule has 14 heavy (non-hydrogen) atoms. The van der Waals surface area contributed by atoms with Gasteiger partial charge in [-0.3, -0.25) is 9.63 Å². The van der Waals surface area contributed by atoms with Gasteiger partial charge in [-0.2, -0.15) is 0 Å². The van der Waals surface area contributed by atoms with E-state index in [0.29, 0.717) is 19.1 Å². The monoisotopic (exact) mass is 201 g/mol. The second-order valence-corrected chi connectivity index (χ2v) is 3.60. The molecule has 4 heteroatoms. The van der Waals surface area contributed by atoms with Gasteiger partial charge in [0.1, 0.15) is 0 Å². The lowest BCUT2D eigenvalue weighted by molar-refractivity contribution is -0.140. The van der Waals surface area contributed by atoms with E-state index in [1.807, 2.05) is 0 Å². The Hall–Kier alpha value is -0.610. The summed E-state index contributed by atoms with van der Waals surface area (Å²) in [6, 6.07) is 0. The van der Waals surface area contributed by atoms with Gasteiger partial charge in [-0.15, -0.1) is 0 Å². The maximum atomic E-state index is 10.7. The van der Waals surface area contributed by atoms with E-state index >= 15 is 0 Å². The van der Waals surface area contributed by atoms with Crippen LogP contribution in [0.5, 0.6) is 0 Å². The van der Waals surface area contributed by atoms with Crippen LogP contribution in [0.4, 0.5) is 0 Å². The van der Waals surface area contributed by atoms with Crippen molar-refractivity contribution in [2.24, 2.45) is 0 Å². The fraction of sp³-hybridized carbons (Fsp3) is 0.900. The summed E-state index contributed by atoms with van der Waals surface area (Å²) in [6.07, 6.45) is 6.46. The summed E-state index contributed by atoms with van der Waals surface area (Å²) in [5, 5.41) is 0. The SMILES string of the molecule is COC(=O)CCCNOC1CCCC1. The average Bonchev–Trinajstić information content (AvgIpc) is 2.69. The Morgan fingerprint density at radius 1 is 1.43 bits per heavy atom. The van der Waals surface area contributed by atoms with Crippen LogP contribution in [0.3, 0.4) is 0 Å². The van der Waals surface area contributed by atoms with E-state index in [2.05, 4.69) is 10.2 Å². The van der Waals surface area contributed by atoms with Crippen molar-refractivity contribution in [3.05, 3.63) is 0 Å². The van der Waals surface area contributed by atoms with Crippen molar-refractivity contribution in [2.45, 2.75) is 44.6 Å². The number of methoxy groups -OCH3 is 1. The lowest BCUT2D eigenvalue weighted by Gasteiger charge is -2.10.